The van der Waals surface area contributed by atoms with Gasteiger partial charge in [-0.3, -0.25) is 14.5 Å². The summed E-state index contributed by atoms with van der Waals surface area (Å²) in [6, 6.07) is 20.2. The number of hydrogen-bond donors (Lipinski definition) is 1. The minimum atomic E-state index is -0.269. The van der Waals surface area contributed by atoms with Gasteiger partial charge in [-0.2, -0.15) is 0 Å². The molecule has 0 aromatic heterocycles. The molecule has 38 heavy (non-hydrogen) atoms. The molecule has 2 amide bonds. The Labute approximate surface area is 231 Å². The van der Waals surface area contributed by atoms with E-state index in [1.807, 2.05) is 62.4 Å². The van der Waals surface area contributed by atoms with Gasteiger partial charge < -0.3 is 19.5 Å². The van der Waals surface area contributed by atoms with Crippen molar-refractivity contribution in [1.82, 2.24) is 0 Å². The lowest BCUT2D eigenvalue weighted by molar-refractivity contribution is -0.118. The highest BCUT2D eigenvalue weighted by atomic mass is 32.2. The molecule has 0 saturated carbocycles. The number of benzene rings is 3. The maximum atomic E-state index is 13.1. The summed E-state index contributed by atoms with van der Waals surface area (Å²) in [4.78, 5) is 27.6. The van der Waals surface area contributed by atoms with Crippen molar-refractivity contribution in [3.63, 3.8) is 0 Å². The zero-order chi connectivity index (χ0) is 27.1. The van der Waals surface area contributed by atoms with E-state index in [4.69, 9.17) is 26.4 Å². The molecular formula is C29H28N2O5S2. The molecule has 1 aliphatic rings. The normalized spacial score (nSPS) is 14.1. The summed E-state index contributed by atoms with van der Waals surface area (Å²) in [5.41, 5.74) is 3.24. The fourth-order valence-corrected chi connectivity index (χ4v) is 5.17. The van der Waals surface area contributed by atoms with E-state index in [2.05, 4.69) is 5.32 Å². The number of methoxy groups -OCH3 is 1. The van der Waals surface area contributed by atoms with Crippen LogP contribution in [0.3, 0.4) is 0 Å². The van der Waals surface area contributed by atoms with Gasteiger partial charge in [-0.05, 0) is 73.0 Å². The maximum absolute atomic E-state index is 13.1. The first kappa shape index (κ1) is 27.2. The van der Waals surface area contributed by atoms with Gasteiger partial charge in [-0.15, -0.1) is 0 Å². The molecule has 196 valence electrons. The predicted octanol–water partition coefficient (Wildman–Crippen LogP) is 6.08. The first-order chi connectivity index (χ1) is 18.4. The number of rotatable bonds is 10. The standard InChI is InChI=1S/C29H28N2O5S2/c1-4-20-8-6-7-9-23(20)30-27(32)18-36-24-15-10-19(16-25(24)34-3)17-26-28(33)31(29(37)38-26)21-11-13-22(14-12-21)35-5-2/h6-17H,4-5,18H2,1-3H3,(H,30,32)/b26-17-. The van der Waals surface area contributed by atoms with Crippen molar-refractivity contribution in [1.29, 1.82) is 0 Å². The van der Waals surface area contributed by atoms with Crippen LogP contribution in [-0.2, 0) is 16.0 Å². The summed E-state index contributed by atoms with van der Waals surface area (Å²) in [5.74, 6) is 1.13. The number of thioether (sulfide) groups is 1. The van der Waals surface area contributed by atoms with Crippen LogP contribution in [-0.4, -0.2) is 36.5 Å². The molecule has 1 saturated heterocycles. The van der Waals surface area contributed by atoms with Crippen molar-refractivity contribution in [2.24, 2.45) is 0 Å². The van der Waals surface area contributed by atoms with Gasteiger partial charge in [0.15, 0.2) is 22.4 Å². The molecule has 0 aliphatic carbocycles. The molecule has 3 aromatic carbocycles. The molecule has 0 spiro atoms. The molecule has 1 N–H and O–H groups in total. The Balaban J connectivity index is 1.44. The molecule has 4 rings (SSSR count). The van der Waals surface area contributed by atoms with E-state index in [1.165, 1.54) is 23.8 Å². The average molecular weight is 549 g/mol. The van der Waals surface area contributed by atoms with E-state index < -0.39 is 0 Å². The van der Waals surface area contributed by atoms with Crippen molar-refractivity contribution in [3.05, 3.63) is 82.8 Å². The summed E-state index contributed by atoms with van der Waals surface area (Å²) in [6.07, 6.45) is 2.57. The summed E-state index contributed by atoms with van der Waals surface area (Å²) in [7, 11) is 1.52. The third kappa shape index (κ3) is 6.35. The third-order valence-electron chi connectivity index (χ3n) is 5.72. The van der Waals surface area contributed by atoms with Crippen molar-refractivity contribution in [2.45, 2.75) is 20.3 Å². The lowest BCUT2D eigenvalue weighted by Crippen LogP contribution is -2.27. The van der Waals surface area contributed by atoms with E-state index >= 15 is 0 Å². The topological polar surface area (TPSA) is 77.1 Å². The fourth-order valence-electron chi connectivity index (χ4n) is 3.87. The second-order valence-corrected chi connectivity index (χ2v) is 9.88. The molecule has 1 aliphatic heterocycles. The number of amides is 2. The van der Waals surface area contributed by atoms with Crippen LogP contribution in [0.5, 0.6) is 17.2 Å². The predicted molar refractivity (Wildman–Crippen MR) is 156 cm³/mol. The second kappa shape index (κ2) is 12.6. The molecule has 0 radical (unpaired) electrons. The highest BCUT2D eigenvalue weighted by molar-refractivity contribution is 8.27. The second-order valence-electron chi connectivity index (χ2n) is 8.20. The number of hydrogen-bond acceptors (Lipinski definition) is 7. The van der Waals surface area contributed by atoms with Crippen LogP contribution in [0, 0.1) is 0 Å². The maximum Gasteiger partial charge on any atom is 0.270 e. The lowest BCUT2D eigenvalue weighted by Gasteiger charge is -2.15. The summed E-state index contributed by atoms with van der Waals surface area (Å²) >= 11 is 6.72. The zero-order valence-electron chi connectivity index (χ0n) is 21.4. The minimum Gasteiger partial charge on any atom is -0.494 e. The number of para-hydroxylation sites is 1. The minimum absolute atomic E-state index is 0.172. The highest BCUT2D eigenvalue weighted by Gasteiger charge is 2.33. The van der Waals surface area contributed by atoms with Gasteiger partial charge in [0.1, 0.15) is 5.75 Å². The van der Waals surface area contributed by atoms with Gasteiger partial charge in [0.2, 0.25) is 0 Å². The Hall–Kier alpha value is -3.82. The first-order valence-electron chi connectivity index (χ1n) is 12.1. The van der Waals surface area contributed by atoms with Crippen LogP contribution in [0.25, 0.3) is 6.08 Å². The lowest BCUT2D eigenvalue weighted by atomic mass is 10.1. The third-order valence-corrected chi connectivity index (χ3v) is 7.02. The number of anilines is 2. The number of aryl methyl sites for hydroxylation is 1. The summed E-state index contributed by atoms with van der Waals surface area (Å²) in [6.45, 7) is 4.34. The zero-order valence-corrected chi connectivity index (χ0v) is 23.0. The van der Waals surface area contributed by atoms with Crippen LogP contribution in [0.4, 0.5) is 11.4 Å². The van der Waals surface area contributed by atoms with Crippen LogP contribution in [0.1, 0.15) is 25.0 Å². The van der Waals surface area contributed by atoms with Crippen LogP contribution in [0.2, 0.25) is 0 Å². The summed E-state index contributed by atoms with van der Waals surface area (Å²) < 4.78 is 17.1. The SMILES string of the molecule is CCOc1ccc(N2C(=O)/C(=C/c3ccc(OCC(=O)Nc4ccccc4CC)c(OC)c3)SC2=S)cc1. The van der Waals surface area contributed by atoms with Crippen LogP contribution < -0.4 is 24.4 Å². The molecule has 0 bridgehead atoms. The monoisotopic (exact) mass is 548 g/mol. The average Bonchev–Trinajstić information content (AvgIpc) is 3.20. The molecule has 7 nitrogen and oxygen atoms in total. The smallest absolute Gasteiger partial charge is 0.270 e. The van der Waals surface area contributed by atoms with Gasteiger partial charge in [0.25, 0.3) is 11.8 Å². The number of thiocarbonyl (C=S) groups is 1. The Bertz CT molecular complexity index is 1370. The van der Waals surface area contributed by atoms with Crippen molar-refractivity contribution >= 4 is 57.6 Å². The Morgan fingerprint density at radius 2 is 1.79 bits per heavy atom. The largest absolute Gasteiger partial charge is 0.494 e. The molecule has 1 fully saturated rings. The van der Waals surface area contributed by atoms with Gasteiger partial charge in [-0.1, -0.05) is 55.2 Å². The molecule has 1 heterocycles. The van der Waals surface area contributed by atoms with Gasteiger partial charge in [0.05, 0.1) is 24.3 Å². The van der Waals surface area contributed by atoms with E-state index in [0.29, 0.717) is 33.0 Å². The Morgan fingerprint density at radius 3 is 2.50 bits per heavy atom. The molecule has 3 aromatic rings. The number of carbonyl (C=O) groups excluding carboxylic acids is 2. The van der Waals surface area contributed by atoms with E-state index in [1.54, 1.807) is 24.3 Å². The molecule has 0 atom stereocenters. The van der Waals surface area contributed by atoms with E-state index in [9.17, 15) is 9.59 Å². The fraction of sp³-hybridized carbons (Fsp3) is 0.207. The van der Waals surface area contributed by atoms with Crippen molar-refractivity contribution in [3.8, 4) is 17.2 Å². The quantitative estimate of drug-likeness (QED) is 0.243. The van der Waals surface area contributed by atoms with E-state index in [-0.39, 0.29) is 18.4 Å². The number of nitrogens with zero attached hydrogens (tertiary/aromatic N) is 1. The van der Waals surface area contributed by atoms with Crippen molar-refractivity contribution < 1.29 is 23.8 Å². The highest BCUT2D eigenvalue weighted by Crippen LogP contribution is 2.37. The van der Waals surface area contributed by atoms with Gasteiger partial charge >= 0.3 is 0 Å². The van der Waals surface area contributed by atoms with E-state index in [0.717, 1.165) is 29.0 Å². The molecule has 0 unspecified atom stereocenters. The van der Waals surface area contributed by atoms with Gasteiger partial charge in [-0.25, -0.2) is 0 Å². The number of carbonyl (C=O) groups is 2. The van der Waals surface area contributed by atoms with Crippen LogP contribution >= 0.6 is 24.0 Å². The number of ether oxygens (including phenoxy) is 3. The van der Waals surface area contributed by atoms with Crippen LogP contribution in [0.15, 0.2) is 71.6 Å². The Kier molecular flexibility index (Phi) is 9.04. The van der Waals surface area contributed by atoms with Crippen molar-refractivity contribution in [2.75, 3.05) is 30.5 Å². The molecular weight excluding hydrogens is 520 g/mol. The first-order valence-corrected chi connectivity index (χ1v) is 13.3. The van der Waals surface area contributed by atoms with Gasteiger partial charge in [0, 0.05) is 5.69 Å². The molecule has 9 heteroatoms. The Morgan fingerprint density at radius 1 is 1.03 bits per heavy atom. The summed E-state index contributed by atoms with van der Waals surface area (Å²) in [5, 5.41) is 2.89. The number of nitrogens with one attached hydrogen (secondary N) is 1.